The molecular weight excluding hydrogens is 542 g/mol. The number of ether oxygens (including phenoxy) is 2. The lowest BCUT2D eigenvalue weighted by Crippen LogP contribution is -2.51. The molecule has 0 heterocycles. The van der Waals surface area contributed by atoms with Gasteiger partial charge in [0.15, 0.2) is 0 Å². The van der Waals surface area contributed by atoms with Gasteiger partial charge in [0.25, 0.3) is 0 Å². The highest BCUT2D eigenvalue weighted by Crippen LogP contribution is 2.23. The number of methoxy groups -OCH3 is 1. The third kappa shape index (κ3) is 9.53. The summed E-state index contributed by atoms with van der Waals surface area (Å²) in [5.41, 5.74) is 2.10. The molecule has 0 saturated carbocycles. The van der Waals surface area contributed by atoms with Crippen molar-refractivity contribution in [1.29, 1.82) is 0 Å². The Morgan fingerprint density at radius 1 is 0.902 bits per heavy atom. The number of rotatable bonds is 15. The largest absolute Gasteiger partial charge is 0.497 e. The van der Waals surface area contributed by atoms with Crippen LogP contribution >= 0.6 is 0 Å². The number of nitrogens with zero attached hydrogens (tertiary/aromatic N) is 2. The van der Waals surface area contributed by atoms with Crippen molar-refractivity contribution in [3.8, 4) is 11.5 Å². The molecule has 0 bridgehead atoms. The van der Waals surface area contributed by atoms with Crippen molar-refractivity contribution in [2.24, 2.45) is 0 Å². The van der Waals surface area contributed by atoms with E-state index in [0.717, 1.165) is 34.5 Å². The van der Waals surface area contributed by atoms with Gasteiger partial charge in [-0.3, -0.25) is 13.9 Å². The van der Waals surface area contributed by atoms with E-state index in [9.17, 15) is 18.0 Å². The maximum absolute atomic E-state index is 13.7. The van der Waals surface area contributed by atoms with Gasteiger partial charge in [-0.05, 0) is 60.9 Å². The fourth-order valence-corrected chi connectivity index (χ4v) is 4.96. The fraction of sp³-hybridized carbons (Fsp3) is 0.355. The molecule has 0 aliphatic heterocycles. The molecule has 0 spiro atoms. The van der Waals surface area contributed by atoms with E-state index in [-0.39, 0.29) is 12.5 Å². The van der Waals surface area contributed by atoms with Gasteiger partial charge in [0.05, 0.1) is 19.1 Å². The van der Waals surface area contributed by atoms with E-state index >= 15 is 0 Å². The van der Waals surface area contributed by atoms with Crippen molar-refractivity contribution >= 4 is 27.5 Å². The average Bonchev–Trinajstić information content (AvgIpc) is 2.97. The first-order chi connectivity index (χ1) is 19.6. The topological polar surface area (TPSA) is 105 Å². The fourth-order valence-electron chi connectivity index (χ4n) is 4.11. The summed E-state index contributed by atoms with van der Waals surface area (Å²) in [7, 11) is -2.27. The number of unbranched alkanes of at least 4 members (excludes halogenated alkanes) is 1. The van der Waals surface area contributed by atoms with E-state index in [1.807, 2.05) is 49.4 Å². The second kappa shape index (κ2) is 15.1. The maximum Gasteiger partial charge on any atom is 0.244 e. The molecule has 3 aromatic carbocycles. The van der Waals surface area contributed by atoms with Crippen molar-refractivity contribution in [1.82, 2.24) is 10.2 Å². The zero-order valence-electron chi connectivity index (χ0n) is 24.1. The minimum absolute atomic E-state index is 0.120. The number of amides is 2. The third-order valence-corrected chi connectivity index (χ3v) is 7.70. The first-order valence-corrected chi connectivity index (χ1v) is 15.4. The SMILES string of the molecule is CCCCNC(=O)C(C)N(Cc1ccc(OC)cc1)C(=O)CN(c1ccc(OCc2ccccc2)cc1)S(C)(=O)=O. The Morgan fingerprint density at radius 3 is 2.12 bits per heavy atom. The summed E-state index contributed by atoms with van der Waals surface area (Å²) < 4.78 is 37.7. The van der Waals surface area contributed by atoms with Crippen molar-refractivity contribution in [2.45, 2.75) is 45.9 Å². The zero-order valence-corrected chi connectivity index (χ0v) is 24.9. The normalized spacial score (nSPS) is 11.8. The third-order valence-electron chi connectivity index (χ3n) is 6.56. The number of carbonyl (C=O) groups excluding carboxylic acids is 2. The predicted molar refractivity (Wildman–Crippen MR) is 160 cm³/mol. The van der Waals surface area contributed by atoms with Crippen LogP contribution in [0, 0.1) is 0 Å². The molecule has 3 rings (SSSR count). The van der Waals surface area contributed by atoms with Crippen LogP contribution in [0.25, 0.3) is 0 Å². The number of hydrogen-bond donors (Lipinski definition) is 1. The molecule has 220 valence electrons. The van der Waals surface area contributed by atoms with Crippen LogP contribution in [-0.2, 0) is 32.8 Å². The van der Waals surface area contributed by atoms with Gasteiger partial charge >= 0.3 is 0 Å². The second-order valence-electron chi connectivity index (χ2n) is 9.73. The average molecular weight is 582 g/mol. The summed E-state index contributed by atoms with van der Waals surface area (Å²) in [6.45, 7) is 4.19. The predicted octanol–water partition coefficient (Wildman–Crippen LogP) is 4.37. The number of nitrogens with one attached hydrogen (secondary N) is 1. The lowest BCUT2D eigenvalue weighted by molar-refractivity contribution is -0.139. The molecule has 2 amide bonds. The summed E-state index contributed by atoms with van der Waals surface area (Å²) in [5.74, 6) is 0.423. The monoisotopic (exact) mass is 581 g/mol. The van der Waals surface area contributed by atoms with E-state index in [1.54, 1.807) is 50.4 Å². The molecule has 0 aliphatic carbocycles. The van der Waals surface area contributed by atoms with Gasteiger partial charge in [0, 0.05) is 13.1 Å². The minimum Gasteiger partial charge on any atom is -0.497 e. The molecule has 10 heteroatoms. The Balaban J connectivity index is 1.80. The number of sulfonamides is 1. The zero-order chi connectivity index (χ0) is 29.8. The van der Waals surface area contributed by atoms with Gasteiger partial charge < -0.3 is 19.7 Å². The molecule has 41 heavy (non-hydrogen) atoms. The first kappa shape index (κ1) is 31.5. The Morgan fingerprint density at radius 2 is 1.54 bits per heavy atom. The van der Waals surface area contributed by atoms with E-state index in [1.165, 1.54) is 4.90 Å². The molecule has 1 atom stereocenters. The second-order valence-corrected chi connectivity index (χ2v) is 11.6. The van der Waals surface area contributed by atoms with Crippen molar-refractivity contribution < 1.29 is 27.5 Å². The smallest absolute Gasteiger partial charge is 0.244 e. The Hall–Kier alpha value is -4.05. The van der Waals surface area contributed by atoms with Gasteiger partial charge in [-0.1, -0.05) is 55.8 Å². The minimum atomic E-state index is -3.83. The molecular formula is C31H39N3O6S. The molecule has 1 N–H and O–H groups in total. The highest BCUT2D eigenvalue weighted by molar-refractivity contribution is 7.92. The van der Waals surface area contributed by atoms with Crippen LogP contribution in [0.3, 0.4) is 0 Å². The van der Waals surface area contributed by atoms with Crippen molar-refractivity contribution in [3.05, 3.63) is 90.0 Å². The Labute approximate surface area is 243 Å². The molecule has 0 saturated heterocycles. The van der Waals surface area contributed by atoms with Crippen molar-refractivity contribution in [3.63, 3.8) is 0 Å². The standard InChI is InChI=1S/C31H39N3O6S/c1-5-6-20-32-31(36)24(2)33(21-25-12-16-28(39-3)17-13-25)30(35)22-34(41(4,37)38)27-14-18-29(19-15-27)40-23-26-10-8-7-9-11-26/h7-19,24H,5-6,20-23H2,1-4H3,(H,32,36). The quantitative estimate of drug-likeness (QED) is 0.267. The molecule has 0 radical (unpaired) electrons. The van der Waals surface area contributed by atoms with Crippen LogP contribution in [0.1, 0.15) is 37.8 Å². The van der Waals surface area contributed by atoms with Gasteiger partial charge in [-0.2, -0.15) is 0 Å². The van der Waals surface area contributed by atoms with Crippen molar-refractivity contribution in [2.75, 3.05) is 30.8 Å². The summed E-state index contributed by atoms with van der Waals surface area (Å²) in [4.78, 5) is 28.0. The van der Waals surface area contributed by atoms with Crippen LogP contribution in [0.15, 0.2) is 78.9 Å². The lowest BCUT2D eigenvalue weighted by Gasteiger charge is -2.31. The van der Waals surface area contributed by atoms with Gasteiger partial charge in [0.1, 0.15) is 30.7 Å². The highest BCUT2D eigenvalue weighted by atomic mass is 32.2. The Kier molecular flexibility index (Phi) is 11.6. The van der Waals surface area contributed by atoms with E-state index in [0.29, 0.717) is 30.3 Å². The first-order valence-electron chi connectivity index (χ1n) is 13.6. The molecule has 0 fully saturated rings. The molecule has 0 aliphatic rings. The van der Waals surface area contributed by atoms with E-state index < -0.39 is 28.5 Å². The van der Waals surface area contributed by atoms with Crippen LogP contribution in [0.5, 0.6) is 11.5 Å². The summed E-state index contributed by atoms with van der Waals surface area (Å²) in [5, 5.41) is 2.87. The molecule has 3 aromatic rings. The highest BCUT2D eigenvalue weighted by Gasteiger charge is 2.30. The van der Waals surface area contributed by atoms with E-state index in [4.69, 9.17) is 9.47 Å². The van der Waals surface area contributed by atoms with Gasteiger partial charge in [-0.25, -0.2) is 8.42 Å². The van der Waals surface area contributed by atoms with Crippen LogP contribution in [0.4, 0.5) is 5.69 Å². The lowest BCUT2D eigenvalue weighted by atomic mass is 10.1. The van der Waals surface area contributed by atoms with Crippen LogP contribution in [-0.4, -0.2) is 57.6 Å². The summed E-state index contributed by atoms with van der Waals surface area (Å²) in [6, 6.07) is 22.6. The molecule has 1 unspecified atom stereocenters. The molecule has 9 nitrogen and oxygen atoms in total. The number of hydrogen-bond acceptors (Lipinski definition) is 6. The molecule has 0 aromatic heterocycles. The summed E-state index contributed by atoms with van der Waals surface area (Å²) in [6.07, 6.45) is 2.79. The van der Waals surface area contributed by atoms with E-state index in [2.05, 4.69) is 5.32 Å². The number of benzene rings is 3. The Bertz CT molecular complexity index is 1360. The number of carbonyl (C=O) groups is 2. The van der Waals surface area contributed by atoms with Gasteiger partial charge in [-0.15, -0.1) is 0 Å². The van der Waals surface area contributed by atoms with Crippen LogP contribution in [0.2, 0.25) is 0 Å². The summed E-state index contributed by atoms with van der Waals surface area (Å²) >= 11 is 0. The van der Waals surface area contributed by atoms with Crippen LogP contribution < -0.4 is 19.1 Å². The maximum atomic E-state index is 13.7. The number of anilines is 1. The van der Waals surface area contributed by atoms with Gasteiger partial charge in [0.2, 0.25) is 21.8 Å².